The number of para-hydroxylation sites is 2. The molecule has 0 aliphatic rings. The van der Waals surface area contributed by atoms with Crippen LogP contribution in [-0.4, -0.2) is 37.3 Å². The maximum absolute atomic E-state index is 10.3. The highest BCUT2D eigenvalue weighted by molar-refractivity contribution is 5.18. The third-order valence-corrected chi connectivity index (χ3v) is 5.68. The van der Waals surface area contributed by atoms with Gasteiger partial charge >= 0.3 is 0 Å². The first-order valence-electron chi connectivity index (χ1n) is 13.6. The minimum atomic E-state index is 0. The van der Waals surface area contributed by atoms with Crippen LogP contribution in [0.15, 0.2) is 60.7 Å². The molecule has 2 aromatic carbocycles. The van der Waals surface area contributed by atoms with E-state index in [1.54, 1.807) is 36.4 Å². The standard InChI is InChI=1S/C19H42N.2C6H6O.H3N/c1-5-6-7-8-9-10-11-12-13-14-15-16-17-18-19-20(2,3)4;2*7-6-4-2-1-3-5-6;/h5-19H2,1-4H3;2*1-5,7H;1H3/q+1;;;/p-1. The van der Waals surface area contributed by atoms with Gasteiger partial charge in [0.2, 0.25) is 0 Å². The number of nitrogens with zero attached hydrogens (tertiary/aromatic N) is 1. The van der Waals surface area contributed by atoms with Gasteiger partial charge in [-0.05, 0) is 25.0 Å². The average Bonchev–Trinajstić information content (AvgIpc) is 2.80. The Balaban J connectivity index is 0. The monoisotopic (exact) mass is 488 g/mol. The highest BCUT2D eigenvalue weighted by Crippen LogP contribution is 2.13. The second-order valence-electron chi connectivity index (χ2n) is 10.3. The summed E-state index contributed by atoms with van der Waals surface area (Å²) in [5.41, 5.74) is 0. The first kappa shape index (κ1) is 35.1. The lowest BCUT2D eigenvalue weighted by Gasteiger charge is -2.23. The highest BCUT2D eigenvalue weighted by atomic mass is 16.3. The van der Waals surface area contributed by atoms with Crippen molar-refractivity contribution in [1.82, 2.24) is 6.15 Å². The van der Waals surface area contributed by atoms with Crippen LogP contribution in [0, 0.1) is 0 Å². The average molecular weight is 489 g/mol. The van der Waals surface area contributed by atoms with Crippen molar-refractivity contribution in [2.75, 3.05) is 27.7 Å². The smallest absolute Gasteiger partial charge is 0.115 e. The van der Waals surface area contributed by atoms with Crippen LogP contribution < -0.4 is 11.3 Å². The molecule has 2 aromatic rings. The largest absolute Gasteiger partial charge is 0.872 e. The molecule has 0 aromatic heterocycles. The van der Waals surface area contributed by atoms with Crippen molar-refractivity contribution in [3.8, 4) is 11.5 Å². The van der Waals surface area contributed by atoms with Crippen LogP contribution in [0.1, 0.15) is 96.8 Å². The maximum atomic E-state index is 10.3. The number of hydrogen-bond donors (Lipinski definition) is 2. The topological polar surface area (TPSA) is 78.3 Å². The van der Waals surface area contributed by atoms with Gasteiger partial charge in [0.1, 0.15) is 5.75 Å². The van der Waals surface area contributed by atoms with Crippen molar-refractivity contribution in [3.63, 3.8) is 0 Å². The quantitative estimate of drug-likeness (QED) is 0.195. The van der Waals surface area contributed by atoms with E-state index in [0.29, 0.717) is 5.75 Å². The molecule has 0 atom stereocenters. The Kier molecular flexibility index (Phi) is 25.2. The van der Waals surface area contributed by atoms with Crippen LogP contribution in [0.2, 0.25) is 0 Å². The Hall–Kier alpha value is -2.04. The molecule has 0 aliphatic heterocycles. The van der Waals surface area contributed by atoms with Crippen molar-refractivity contribution in [1.29, 1.82) is 0 Å². The third-order valence-electron chi connectivity index (χ3n) is 5.68. The molecule has 0 saturated heterocycles. The highest BCUT2D eigenvalue weighted by Gasteiger charge is 2.04. The molecule has 2 rings (SSSR count). The summed E-state index contributed by atoms with van der Waals surface area (Å²) >= 11 is 0. The molecule has 4 heteroatoms. The van der Waals surface area contributed by atoms with E-state index in [4.69, 9.17) is 5.11 Å². The Bertz CT molecular complexity index is 605. The van der Waals surface area contributed by atoms with E-state index in [0.717, 1.165) is 4.48 Å². The van der Waals surface area contributed by atoms with Crippen molar-refractivity contribution < 1.29 is 14.7 Å². The van der Waals surface area contributed by atoms with Crippen molar-refractivity contribution >= 4 is 0 Å². The van der Waals surface area contributed by atoms with Crippen LogP contribution in [0.5, 0.6) is 11.5 Å². The Morgan fingerprint density at radius 1 is 0.571 bits per heavy atom. The van der Waals surface area contributed by atoms with Gasteiger partial charge < -0.3 is 20.8 Å². The van der Waals surface area contributed by atoms with Gasteiger partial charge in [0.15, 0.2) is 0 Å². The van der Waals surface area contributed by atoms with Crippen LogP contribution in [0.3, 0.4) is 0 Å². The molecule has 35 heavy (non-hydrogen) atoms. The Morgan fingerprint density at radius 3 is 1.17 bits per heavy atom. The van der Waals surface area contributed by atoms with E-state index in [9.17, 15) is 5.11 Å². The molecule has 0 heterocycles. The Labute approximate surface area is 217 Å². The van der Waals surface area contributed by atoms with Crippen molar-refractivity contribution in [2.45, 2.75) is 96.8 Å². The number of aromatic hydroxyl groups is 1. The van der Waals surface area contributed by atoms with Gasteiger partial charge in [-0.3, -0.25) is 0 Å². The minimum Gasteiger partial charge on any atom is -0.872 e. The van der Waals surface area contributed by atoms with Gasteiger partial charge in [-0.1, -0.05) is 133 Å². The number of quaternary nitrogens is 1. The fourth-order valence-corrected chi connectivity index (χ4v) is 3.63. The molecule has 4 N–H and O–H groups in total. The van der Waals surface area contributed by atoms with E-state index in [1.165, 1.54) is 109 Å². The number of rotatable bonds is 15. The lowest BCUT2D eigenvalue weighted by atomic mass is 10.0. The van der Waals surface area contributed by atoms with E-state index in [-0.39, 0.29) is 11.9 Å². The molecular weight excluding hydrogens is 432 g/mol. The predicted molar refractivity (Wildman–Crippen MR) is 152 cm³/mol. The van der Waals surface area contributed by atoms with Crippen LogP contribution in [0.4, 0.5) is 0 Å². The first-order chi connectivity index (χ1) is 16.3. The van der Waals surface area contributed by atoms with Gasteiger partial charge in [0.05, 0.1) is 27.7 Å². The molecule has 0 spiro atoms. The number of phenolic OH excluding ortho intramolecular Hbond substituents is 1. The van der Waals surface area contributed by atoms with Crippen LogP contribution in [-0.2, 0) is 0 Å². The normalized spacial score (nSPS) is 10.3. The summed E-state index contributed by atoms with van der Waals surface area (Å²) in [6, 6.07) is 17.0. The summed E-state index contributed by atoms with van der Waals surface area (Å²) in [6.07, 6.45) is 20.4. The lowest BCUT2D eigenvalue weighted by Crippen LogP contribution is -2.35. The summed E-state index contributed by atoms with van der Waals surface area (Å²) in [4.78, 5) is 0. The zero-order valence-corrected chi connectivity index (χ0v) is 23.4. The van der Waals surface area contributed by atoms with E-state index in [2.05, 4.69) is 28.1 Å². The third kappa shape index (κ3) is 29.9. The van der Waals surface area contributed by atoms with Crippen LogP contribution in [0.25, 0.3) is 0 Å². The second kappa shape index (κ2) is 25.1. The fourth-order valence-electron chi connectivity index (χ4n) is 3.63. The lowest BCUT2D eigenvalue weighted by molar-refractivity contribution is -0.870. The molecule has 0 saturated carbocycles. The molecule has 202 valence electrons. The maximum Gasteiger partial charge on any atom is 0.115 e. The van der Waals surface area contributed by atoms with Gasteiger partial charge in [-0.2, -0.15) is 0 Å². The summed E-state index contributed by atoms with van der Waals surface area (Å²) in [5.74, 6) is 0.394. The summed E-state index contributed by atoms with van der Waals surface area (Å²) in [5, 5.41) is 18.9. The van der Waals surface area contributed by atoms with Gasteiger partial charge in [-0.15, -0.1) is 5.75 Å². The van der Waals surface area contributed by atoms with Gasteiger partial charge in [-0.25, -0.2) is 0 Å². The molecule has 0 unspecified atom stereocenters. The molecule has 0 amide bonds. The molecule has 4 nitrogen and oxygen atoms in total. The SMILES string of the molecule is CCCCCCCCCCCCCCCC[N+](C)(C)C.N.Oc1ccccc1.[O-]c1ccccc1. The number of phenols is 1. The fraction of sp³-hybridized carbons (Fsp3) is 0.613. The van der Waals surface area contributed by atoms with Crippen LogP contribution >= 0.6 is 0 Å². The zero-order chi connectivity index (χ0) is 25.3. The van der Waals surface area contributed by atoms with E-state index < -0.39 is 0 Å². The second-order valence-corrected chi connectivity index (χ2v) is 10.3. The van der Waals surface area contributed by atoms with Crippen molar-refractivity contribution in [2.24, 2.45) is 0 Å². The summed E-state index contributed by atoms with van der Waals surface area (Å²) in [6.45, 7) is 3.63. The Morgan fingerprint density at radius 2 is 0.914 bits per heavy atom. The molecule has 0 aliphatic carbocycles. The molecular formula is C31H56N2O2. The summed E-state index contributed by atoms with van der Waals surface area (Å²) in [7, 11) is 6.88. The molecule has 0 fully saturated rings. The number of benzene rings is 2. The predicted octanol–water partition coefficient (Wildman–Crippen LogP) is 8.49. The zero-order valence-electron chi connectivity index (χ0n) is 23.4. The minimum absolute atomic E-state index is 0. The summed E-state index contributed by atoms with van der Waals surface area (Å²) < 4.78 is 1.12. The number of hydrogen-bond acceptors (Lipinski definition) is 3. The van der Waals surface area contributed by atoms with E-state index >= 15 is 0 Å². The molecule has 0 bridgehead atoms. The molecule has 0 radical (unpaired) electrons. The van der Waals surface area contributed by atoms with E-state index in [1.807, 2.05) is 12.1 Å². The van der Waals surface area contributed by atoms with Crippen molar-refractivity contribution in [3.05, 3.63) is 60.7 Å². The first-order valence-corrected chi connectivity index (χ1v) is 13.6. The van der Waals surface area contributed by atoms with Gasteiger partial charge in [0, 0.05) is 0 Å². The van der Waals surface area contributed by atoms with Gasteiger partial charge in [0.25, 0.3) is 0 Å². The number of unbranched alkanes of at least 4 members (excludes halogenated alkanes) is 13.